The van der Waals surface area contributed by atoms with Gasteiger partial charge in [0.15, 0.2) is 0 Å². The smallest absolute Gasteiger partial charge is 0.252 e. The van der Waals surface area contributed by atoms with Crippen LogP contribution in [0.3, 0.4) is 0 Å². The van der Waals surface area contributed by atoms with Crippen molar-refractivity contribution < 1.29 is 4.79 Å². The van der Waals surface area contributed by atoms with Gasteiger partial charge in [0, 0.05) is 10.9 Å². The fourth-order valence-corrected chi connectivity index (χ4v) is 2.29. The second kappa shape index (κ2) is 4.91. The van der Waals surface area contributed by atoms with Crippen LogP contribution in [0, 0.1) is 5.92 Å². The van der Waals surface area contributed by atoms with Gasteiger partial charge in [0.1, 0.15) is 0 Å². The summed E-state index contributed by atoms with van der Waals surface area (Å²) in [6.07, 6.45) is 3.54. The third-order valence-electron chi connectivity index (χ3n) is 3.05. The van der Waals surface area contributed by atoms with E-state index in [0.29, 0.717) is 17.5 Å². The van der Waals surface area contributed by atoms with Crippen molar-refractivity contribution >= 4 is 18.5 Å². The SMILES string of the molecule is CCCC1CC1NC(=O)c1ccccc1S. The molecule has 16 heavy (non-hydrogen) atoms. The number of carbonyl (C=O) groups excluding carboxylic acids is 1. The first-order valence-electron chi connectivity index (χ1n) is 5.81. The van der Waals surface area contributed by atoms with Gasteiger partial charge in [0.25, 0.3) is 5.91 Å². The highest BCUT2D eigenvalue weighted by Gasteiger charge is 2.37. The van der Waals surface area contributed by atoms with E-state index in [4.69, 9.17) is 0 Å². The molecule has 0 radical (unpaired) electrons. The molecule has 1 aromatic carbocycles. The zero-order valence-electron chi connectivity index (χ0n) is 9.44. The van der Waals surface area contributed by atoms with Crippen molar-refractivity contribution in [3.63, 3.8) is 0 Å². The Morgan fingerprint density at radius 1 is 1.50 bits per heavy atom. The fraction of sp³-hybridized carbons (Fsp3) is 0.462. The van der Waals surface area contributed by atoms with Crippen LogP contribution in [0.5, 0.6) is 0 Å². The van der Waals surface area contributed by atoms with E-state index in [9.17, 15) is 4.79 Å². The number of nitrogens with one attached hydrogen (secondary N) is 1. The summed E-state index contributed by atoms with van der Waals surface area (Å²) in [5, 5.41) is 3.06. The lowest BCUT2D eigenvalue weighted by Gasteiger charge is -2.06. The van der Waals surface area contributed by atoms with Crippen LogP contribution in [0.25, 0.3) is 0 Å². The number of amides is 1. The highest BCUT2D eigenvalue weighted by Crippen LogP contribution is 2.34. The van der Waals surface area contributed by atoms with Gasteiger partial charge in [-0.25, -0.2) is 0 Å². The molecule has 2 rings (SSSR count). The van der Waals surface area contributed by atoms with E-state index in [2.05, 4.69) is 24.9 Å². The van der Waals surface area contributed by atoms with E-state index in [-0.39, 0.29) is 5.91 Å². The Labute approximate surface area is 102 Å². The maximum absolute atomic E-state index is 11.9. The second-order valence-electron chi connectivity index (χ2n) is 4.38. The Balaban J connectivity index is 1.92. The molecule has 1 amide bonds. The van der Waals surface area contributed by atoms with Crippen LogP contribution < -0.4 is 5.32 Å². The minimum absolute atomic E-state index is 0.00852. The third-order valence-corrected chi connectivity index (χ3v) is 3.44. The number of hydrogen-bond acceptors (Lipinski definition) is 2. The van der Waals surface area contributed by atoms with Gasteiger partial charge in [-0.3, -0.25) is 4.79 Å². The monoisotopic (exact) mass is 235 g/mol. The van der Waals surface area contributed by atoms with Gasteiger partial charge in [-0.2, -0.15) is 0 Å². The van der Waals surface area contributed by atoms with E-state index >= 15 is 0 Å². The normalized spacial score (nSPS) is 22.9. The maximum atomic E-state index is 11.9. The average molecular weight is 235 g/mol. The molecule has 2 nitrogen and oxygen atoms in total. The van der Waals surface area contributed by atoms with Gasteiger partial charge in [-0.05, 0) is 30.9 Å². The highest BCUT2D eigenvalue weighted by molar-refractivity contribution is 7.80. The van der Waals surface area contributed by atoms with Crippen molar-refractivity contribution in [2.45, 2.75) is 37.1 Å². The topological polar surface area (TPSA) is 29.1 Å². The zero-order chi connectivity index (χ0) is 11.5. The number of carbonyl (C=O) groups is 1. The molecule has 0 saturated heterocycles. The molecule has 1 N–H and O–H groups in total. The van der Waals surface area contributed by atoms with Gasteiger partial charge in [-0.15, -0.1) is 12.6 Å². The molecule has 1 aromatic rings. The van der Waals surface area contributed by atoms with E-state index in [1.54, 1.807) is 0 Å². The zero-order valence-corrected chi connectivity index (χ0v) is 10.3. The van der Waals surface area contributed by atoms with Crippen LogP contribution in [0.4, 0.5) is 0 Å². The molecule has 86 valence electrons. The molecule has 0 aliphatic heterocycles. The summed E-state index contributed by atoms with van der Waals surface area (Å²) < 4.78 is 0. The van der Waals surface area contributed by atoms with Crippen LogP contribution >= 0.6 is 12.6 Å². The molecule has 1 aliphatic rings. The maximum Gasteiger partial charge on any atom is 0.252 e. The van der Waals surface area contributed by atoms with Crippen LogP contribution in [-0.4, -0.2) is 11.9 Å². The van der Waals surface area contributed by atoms with Crippen molar-refractivity contribution in [3.05, 3.63) is 29.8 Å². The van der Waals surface area contributed by atoms with Gasteiger partial charge in [0.2, 0.25) is 0 Å². The van der Waals surface area contributed by atoms with E-state index in [1.165, 1.54) is 12.8 Å². The summed E-state index contributed by atoms with van der Waals surface area (Å²) >= 11 is 4.28. The van der Waals surface area contributed by atoms with Crippen molar-refractivity contribution in [1.29, 1.82) is 0 Å². The first kappa shape index (κ1) is 11.5. The molecule has 1 saturated carbocycles. The predicted octanol–water partition coefficient (Wildman–Crippen LogP) is 2.89. The number of benzene rings is 1. The van der Waals surface area contributed by atoms with Crippen LogP contribution in [-0.2, 0) is 0 Å². The van der Waals surface area contributed by atoms with Gasteiger partial charge in [0.05, 0.1) is 5.56 Å². The fourth-order valence-electron chi connectivity index (χ4n) is 2.03. The molecular weight excluding hydrogens is 218 g/mol. The van der Waals surface area contributed by atoms with Crippen LogP contribution in [0.15, 0.2) is 29.2 Å². The molecule has 0 aromatic heterocycles. The Morgan fingerprint density at radius 2 is 2.25 bits per heavy atom. The van der Waals surface area contributed by atoms with E-state index in [1.807, 2.05) is 24.3 Å². The summed E-state index contributed by atoms with van der Waals surface area (Å²) in [4.78, 5) is 12.6. The average Bonchev–Trinajstić information content (AvgIpc) is 2.97. The van der Waals surface area contributed by atoms with Crippen molar-refractivity contribution in [3.8, 4) is 0 Å². The largest absolute Gasteiger partial charge is 0.349 e. The standard InChI is InChI=1S/C13H17NOS/c1-2-5-9-8-11(9)14-13(15)10-6-3-4-7-12(10)16/h3-4,6-7,9,11,16H,2,5,8H2,1H3,(H,14,15). The first-order valence-corrected chi connectivity index (χ1v) is 6.26. The highest BCUT2D eigenvalue weighted by atomic mass is 32.1. The molecule has 3 heteroatoms. The minimum Gasteiger partial charge on any atom is -0.349 e. The lowest BCUT2D eigenvalue weighted by molar-refractivity contribution is 0.0946. The quantitative estimate of drug-likeness (QED) is 0.772. The first-order chi connectivity index (χ1) is 7.72. The lowest BCUT2D eigenvalue weighted by Crippen LogP contribution is -2.27. The van der Waals surface area contributed by atoms with Crippen LogP contribution in [0.2, 0.25) is 0 Å². The minimum atomic E-state index is 0.00852. The Kier molecular flexibility index (Phi) is 3.54. The summed E-state index contributed by atoms with van der Waals surface area (Å²) in [5.74, 6) is 0.704. The second-order valence-corrected chi connectivity index (χ2v) is 4.86. The van der Waals surface area contributed by atoms with Gasteiger partial charge < -0.3 is 5.32 Å². The molecule has 0 bridgehead atoms. The predicted molar refractivity (Wildman–Crippen MR) is 68.0 cm³/mol. The van der Waals surface area contributed by atoms with Gasteiger partial charge in [-0.1, -0.05) is 25.5 Å². The van der Waals surface area contributed by atoms with Crippen molar-refractivity contribution in [2.24, 2.45) is 5.92 Å². The van der Waals surface area contributed by atoms with Gasteiger partial charge >= 0.3 is 0 Å². The van der Waals surface area contributed by atoms with Crippen molar-refractivity contribution in [2.75, 3.05) is 0 Å². The summed E-state index contributed by atoms with van der Waals surface area (Å²) in [6, 6.07) is 7.80. The number of hydrogen-bond donors (Lipinski definition) is 2. The third kappa shape index (κ3) is 2.59. The Bertz CT molecular complexity index is 391. The molecule has 0 spiro atoms. The molecule has 1 aliphatic carbocycles. The number of thiol groups is 1. The summed E-state index contributed by atoms with van der Waals surface area (Å²) in [7, 11) is 0. The Morgan fingerprint density at radius 3 is 2.94 bits per heavy atom. The molecular formula is C13H17NOS. The van der Waals surface area contributed by atoms with E-state index in [0.717, 1.165) is 11.3 Å². The summed E-state index contributed by atoms with van der Waals surface area (Å²) in [6.45, 7) is 2.18. The van der Waals surface area contributed by atoms with E-state index < -0.39 is 0 Å². The lowest BCUT2D eigenvalue weighted by atomic mass is 10.2. The molecule has 0 heterocycles. The van der Waals surface area contributed by atoms with Crippen molar-refractivity contribution in [1.82, 2.24) is 5.32 Å². The molecule has 1 fully saturated rings. The number of rotatable bonds is 4. The Hall–Kier alpha value is -0.960. The van der Waals surface area contributed by atoms with Crippen LogP contribution in [0.1, 0.15) is 36.5 Å². The summed E-state index contributed by atoms with van der Waals surface area (Å²) in [5.41, 5.74) is 0.674. The molecule has 2 atom stereocenters. The molecule has 2 unspecified atom stereocenters.